The number of primary amides is 1. The lowest BCUT2D eigenvalue weighted by molar-refractivity contribution is 0.0362. The first-order valence-corrected chi connectivity index (χ1v) is 5.43. The van der Waals surface area contributed by atoms with Gasteiger partial charge in [-0.25, -0.2) is 0 Å². The molecular weight excluding hydrogens is 236 g/mol. The number of carbonyl (C=O) groups is 2. The average molecular weight is 254 g/mol. The van der Waals surface area contributed by atoms with Crippen LogP contribution in [0.15, 0.2) is 6.07 Å². The zero-order valence-electron chi connectivity index (χ0n) is 11.0. The summed E-state index contributed by atoms with van der Waals surface area (Å²) in [5.41, 5.74) is 4.39. The molecule has 0 aromatic carbocycles. The van der Waals surface area contributed by atoms with Crippen LogP contribution >= 0.6 is 0 Å². The summed E-state index contributed by atoms with van der Waals surface area (Å²) in [6.45, 7) is 3.38. The standard InChI is InChI=1S/C11H18N4O3/c1-11(2,18)6-14(3)10(17)8-5-7(9(12)16)13-15(8)4/h5,18H,6H2,1-4H3,(H2,12,16). The van der Waals surface area contributed by atoms with E-state index in [-0.39, 0.29) is 23.8 Å². The van der Waals surface area contributed by atoms with Crippen LogP contribution in [-0.4, -0.2) is 50.8 Å². The van der Waals surface area contributed by atoms with Gasteiger partial charge in [0.1, 0.15) is 5.69 Å². The predicted octanol–water partition coefficient (Wildman–Crippen LogP) is -0.638. The van der Waals surface area contributed by atoms with Gasteiger partial charge in [0.05, 0.1) is 5.60 Å². The van der Waals surface area contributed by atoms with Crippen molar-refractivity contribution < 1.29 is 14.7 Å². The molecule has 100 valence electrons. The maximum Gasteiger partial charge on any atom is 0.271 e. The van der Waals surface area contributed by atoms with Gasteiger partial charge in [-0.2, -0.15) is 5.10 Å². The minimum absolute atomic E-state index is 0.0394. The van der Waals surface area contributed by atoms with Gasteiger partial charge in [0.2, 0.25) is 0 Å². The Kier molecular flexibility index (Phi) is 3.76. The van der Waals surface area contributed by atoms with Crippen LogP contribution in [0.4, 0.5) is 0 Å². The summed E-state index contributed by atoms with van der Waals surface area (Å²) in [6, 6.07) is 1.34. The summed E-state index contributed by atoms with van der Waals surface area (Å²) in [5, 5.41) is 13.5. The summed E-state index contributed by atoms with van der Waals surface area (Å²) in [5.74, 6) is -1.02. The smallest absolute Gasteiger partial charge is 0.271 e. The van der Waals surface area contributed by atoms with Crippen molar-refractivity contribution in [3.63, 3.8) is 0 Å². The molecule has 1 heterocycles. The fraction of sp³-hybridized carbons (Fsp3) is 0.545. The van der Waals surface area contributed by atoms with E-state index in [1.165, 1.54) is 15.6 Å². The largest absolute Gasteiger partial charge is 0.389 e. The van der Waals surface area contributed by atoms with E-state index in [9.17, 15) is 14.7 Å². The Morgan fingerprint density at radius 1 is 1.56 bits per heavy atom. The molecule has 1 aromatic rings. The van der Waals surface area contributed by atoms with Gasteiger partial charge in [-0.1, -0.05) is 0 Å². The Hall–Kier alpha value is -1.89. The van der Waals surface area contributed by atoms with Crippen molar-refractivity contribution in [3.05, 3.63) is 17.5 Å². The van der Waals surface area contributed by atoms with Crippen molar-refractivity contribution in [2.75, 3.05) is 13.6 Å². The molecule has 0 fully saturated rings. The molecule has 18 heavy (non-hydrogen) atoms. The predicted molar refractivity (Wildman–Crippen MR) is 65.0 cm³/mol. The number of rotatable bonds is 4. The van der Waals surface area contributed by atoms with Crippen LogP contribution in [-0.2, 0) is 7.05 Å². The van der Waals surface area contributed by atoms with E-state index in [4.69, 9.17) is 5.73 Å². The van der Waals surface area contributed by atoms with E-state index in [2.05, 4.69) is 5.10 Å². The number of aryl methyl sites for hydroxylation is 1. The molecule has 1 rings (SSSR count). The Labute approximate surface area is 105 Å². The normalized spacial score (nSPS) is 11.4. The Bertz CT molecular complexity index is 473. The van der Waals surface area contributed by atoms with Crippen LogP contribution in [0.1, 0.15) is 34.8 Å². The van der Waals surface area contributed by atoms with Crippen molar-refractivity contribution in [3.8, 4) is 0 Å². The molecule has 0 aliphatic rings. The Balaban J connectivity index is 2.93. The van der Waals surface area contributed by atoms with Crippen LogP contribution in [0, 0.1) is 0 Å². The number of amides is 2. The third kappa shape index (κ3) is 3.30. The summed E-state index contributed by atoms with van der Waals surface area (Å²) < 4.78 is 1.29. The molecular formula is C11H18N4O3. The highest BCUT2D eigenvalue weighted by molar-refractivity contribution is 5.97. The van der Waals surface area contributed by atoms with Crippen LogP contribution in [0.25, 0.3) is 0 Å². The number of aromatic nitrogens is 2. The van der Waals surface area contributed by atoms with Crippen LogP contribution in [0.5, 0.6) is 0 Å². The van der Waals surface area contributed by atoms with Gasteiger partial charge in [0.25, 0.3) is 11.8 Å². The van der Waals surface area contributed by atoms with Gasteiger partial charge in [-0.15, -0.1) is 0 Å². The molecule has 0 aliphatic heterocycles. The van der Waals surface area contributed by atoms with Gasteiger partial charge in [0, 0.05) is 26.7 Å². The number of hydrogen-bond donors (Lipinski definition) is 2. The van der Waals surface area contributed by atoms with E-state index in [1.807, 2.05) is 0 Å². The van der Waals surface area contributed by atoms with Crippen LogP contribution in [0.3, 0.4) is 0 Å². The third-order valence-corrected chi connectivity index (χ3v) is 2.32. The summed E-state index contributed by atoms with van der Waals surface area (Å²) in [6.07, 6.45) is 0. The fourth-order valence-corrected chi connectivity index (χ4v) is 1.64. The Morgan fingerprint density at radius 3 is 2.50 bits per heavy atom. The molecule has 0 spiro atoms. The van der Waals surface area contributed by atoms with Gasteiger partial charge in [-0.05, 0) is 13.8 Å². The molecule has 2 amide bonds. The van der Waals surface area contributed by atoms with E-state index >= 15 is 0 Å². The van der Waals surface area contributed by atoms with Crippen molar-refractivity contribution in [2.45, 2.75) is 19.4 Å². The number of aliphatic hydroxyl groups is 1. The number of nitrogens with zero attached hydrogens (tertiary/aromatic N) is 3. The summed E-state index contributed by atoms with van der Waals surface area (Å²) >= 11 is 0. The molecule has 0 atom stereocenters. The van der Waals surface area contributed by atoms with Crippen molar-refractivity contribution in [2.24, 2.45) is 12.8 Å². The summed E-state index contributed by atoms with van der Waals surface area (Å²) in [4.78, 5) is 24.4. The molecule has 0 unspecified atom stereocenters. The maximum atomic E-state index is 12.1. The second kappa shape index (κ2) is 4.77. The lowest BCUT2D eigenvalue weighted by Gasteiger charge is -2.25. The highest BCUT2D eigenvalue weighted by Crippen LogP contribution is 2.09. The highest BCUT2D eigenvalue weighted by Gasteiger charge is 2.23. The Morgan fingerprint density at radius 2 is 2.11 bits per heavy atom. The number of nitrogens with two attached hydrogens (primary N) is 1. The molecule has 7 heteroatoms. The first-order chi connectivity index (χ1) is 8.11. The number of likely N-dealkylation sites (N-methyl/N-ethyl adjacent to an activating group) is 1. The molecule has 0 saturated heterocycles. The highest BCUT2D eigenvalue weighted by atomic mass is 16.3. The van der Waals surface area contributed by atoms with E-state index < -0.39 is 11.5 Å². The maximum absolute atomic E-state index is 12.1. The van der Waals surface area contributed by atoms with Gasteiger partial charge in [0.15, 0.2) is 5.69 Å². The zero-order chi connectivity index (χ0) is 14.1. The average Bonchev–Trinajstić information content (AvgIpc) is 2.56. The minimum atomic E-state index is -0.991. The van der Waals surface area contributed by atoms with Gasteiger partial charge >= 0.3 is 0 Å². The quantitative estimate of drug-likeness (QED) is 0.746. The molecule has 0 aliphatic carbocycles. The first-order valence-electron chi connectivity index (χ1n) is 5.43. The second-order valence-electron chi connectivity index (χ2n) is 4.88. The molecule has 0 bridgehead atoms. The van der Waals surface area contributed by atoms with E-state index in [0.29, 0.717) is 0 Å². The van der Waals surface area contributed by atoms with Crippen LogP contribution in [0.2, 0.25) is 0 Å². The molecule has 0 saturated carbocycles. The van der Waals surface area contributed by atoms with Crippen molar-refractivity contribution >= 4 is 11.8 Å². The molecule has 3 N–H and O–H groups in total. The van der Waals surface area contributed by atoms with Gasteiger partial charge in [-0.3, -0.25) is 14.3 Å². The third-order valence-electron chi connectivity index (χ3n) is 2.32. The number of carbonyl (C=O) groups excluding carboxylic acids is 2. The number of hydrogen-bond acceptors (Lipinski definition) is 4. The van der Waals surface area contributed by atoms with E-state index in [1.54, 1.807) is 27.9 Å². The SMILES string of the molecule is CN(CC(C)(C)O)C(=O)c1cc(C(N)=O)nn1C. The van der Waals surface area contributed by atoms with E-state index in [0.717, 1.165) is 0 Å². The molecule has 0 radical (unpaired) electrons. The molecule has 7 nitrogen and oxygen atoms in total. The fourth-order valence-electron chi connectivity index (χ4n) is 1.64. The monoisotopic (exact) mass is 254 g/mol. The first kappa shape index (κ1) is 14.2. The second-order valence-corrected chi connectivity index (χ2v) is 4.88. The zero-order valence-corrected chi connectivity index (χ0v) is 11.0. The van der Waals surface area contributed by atoms with Crippen molar-refractivity contribution in [1.82, 2.24) is 14.7 Å². The lowest BCUT2D eigenvalue weighted by atomic mass is 10.1. The van der Waals surface area contributed by atoms with Crippen molar-refractivity contribution in [1.29, 1.82) is 0 Å². The van der Waals surface area contributed by atoms with Crippen LogP contribution < -0.4 is 5.73 Å². The van der Waals surface area contributed by atoms with Gasteiger partial charge < -0.3 is 15.7 Å². The minimum Gasteiger partial charge on any atom is -0.389 e. The lowest BCUT2D eigenvalue weighted by Crippen LogP contribution is -2.40. The molecule has 1 aromatic heterocycles. The topological polar surface area (TPSA) is 101 Å². The summed E-state index contributed by atoms with van der Waals surface area (Å²) in [7, 11) is 3.12.